The van der Waals surface area contributed by atoms with Crippen LogP contribution in [0.2, 0.25) is 0 Å². The van der Waals surface area contributed by atoms with Crippen LogP contribution in [0, 0.1) is 0 Å². The van der Waals surface area contributed by atoms with E-state index in [-0.39, 0.29) is 94.2 Å². The molecule has 474 valence electrons. The normalized spacial score (nSPS) is 19.3. The Morgan fingerprint density at radius 3 is 2.23 bits per heavy atom. The van der Waals surface area contributed by atoms with E-state index in [9.17, 15) is 51.0 Å². The van der Waals surface area contributed by atoms with Crippen LogP contribution in [0.15, 0.2) is 154 Å². The zero-order valence-corrected chi connectivity index (χ0v) is 52.9. The number of phenolic OH excluding ortho intramolecular Hbond substituents is 1. The molecule has 7 atom stereocenters. The van der Waals surface area contributed by atoms with E-state index >= 15 is 0 Å². The number of urea groups is 1. The number of sulfonamides is 1. The molecule has 24 heteroatoms. The van der Waals surface area contributed by atoms with Gasteiger partial charge in [-0.1, -0.05) is 116 Å². The van der Waals surface area contributed by atoms with Gasteiger partial charge in [0.2, 0.25) is 37.6 Å². The summed E-state index contributed by atoms with van der Waals surface area (Å²) in [5, 5.41) is 47.7. The molecule has 2 bridgehead atoms. The first-order chi connectivity index (χ1) is 43.2. The lowest BCUT2D eigenvalue weighted by molar-refractivity contribution is -0.129. The van der Waals surface area contributed by atoms with E-state index in [0.29, 0.717) is 76.1 Å². The molecule has 21 nitrogen and oxygen atoms in total. The van der Waals surface area contributed by atoms with Gasteiger partial charge in [-0.05, 0) is 97.2 Å². The lowest BCUT2D eigenvalue weighted by atomic mass is 9.93. The quantitative estimate of drug-likeness (QED) is 0.0164. The Kier molecular flexibility index (Phi) is 20.7. The second-order valence-corrected chi connectivity index (χ2v) is 28.7. The highest BCUT2D eigenvalue weighted by Crippen LogP contribution is 2.41. The topological polar surface area (TPSA) is 291 Å². The molecule has 0 spiro atoms. The number of amides is 5. The molecule has 1 aromatic heterocycles. The second kappa shape index (κ2) is 28.8. The SMILES string of the molecule is CC1CN(CC(O)[C@H](Cc2ccc(O)cc2)n2cc(CNC(=O)[C@H](Cc3ccc(C(=O)c4ccccc4)cc3)NC(=O)CCCCCNC(=O)CCCC[C@@H]3SC[C@@H]4NC(=O)N[C@@H]43)nn2)S(=O)(=O)c2cccc(c2)S(=O)(=O)c2cccc3c(N(C)C)ccc1c23. The van der Waals surface area contributed by atoms with Gasteiger partial charge in [-0.15, -0.1) is 5.10 Å². The average molecular weight is 1280 g/mol. The molecule has 90 heavy (non-hydrogen) atoms. The van der Waals surface area contributed by atoms with Crippen LogP contribution in [0.25, 0.3) is 10.8 Å². The number of carbonyl (C=O) groups excluding carboxylic acids is 5. The highest BCUT2D eigenvalue weighted by atomic mass is 32.2. The summed E-state index contributed by atoms with van der Waals surface area (Å²) in [5.41, 5.74) is 3.95. The number of sulfone groups is 1. The third-order valence-electron chi connectivity index (χ3n) is 16.9. The minimum atomic E-state index is -4.51. The highest BCUT2D eigenvalue weighted by molar-refractivity contribution is 8.00. The van der Waals surface area contributed by atoms with Crippen molar-refractivity contribution in [2.75, 3.05) is 44.4 Å². The van der Waals surface area contributed by atoms with Gasteiger partial charge in [0.05, 0.1) is 51.7 Å². The first-order valence-corrected chi connectivity index (χ1v) is 34.4. The number of thioether (sulfide) groups is 1. The van der Waals surface area contributed by atoms with E-state index in [2.05, 4.69) is 36.9 Å². The summed E-state index contributed by atoms with van der Waals surface area (Å²) in [5.74, 6) is -0.789. The summed E-state index contributed by atoms with van der Waals surface area (Å²) in [6.45, 7) is 1.49. The summed E-state index contributed by atoms with van der Waals surface area (Å²) in [4.78, 5) is 66.9. The molecule has 7 N–H and O–H groups in total. The average Bonchev–Trinajstić information content (AvgIpc) is 1.05. The third-order valence-corrected chi connectivity index (χ3v) is 22.1. The van der Waals surface area contributed by atoms with Crippen LogP contribution in [0.3, 0.4) is 0 Å². The van der Waals surface area contributed by atoms with E-state index in [0.717, 1.165) is 36.8 Å². The number of aliphatic hydroxyl groups excluding tert-OH is 1. The van der Waals surface area contributed by atoms with E-state index in [4.69, 9.17) is 0 Å². The Bertz CT molecular complexity index is 3960. The van der Waals surface area contributed by atoms with Gasteiger partial charge in [0, 0.05) is 91.6 Å². The van der Waals surface area contributed by atoms with Crippen LogP contribution < -0.4 is 31.5 Å². The van der Waals surface area contributed by atoms with Crippen LogP contribution in [0.5, 0.6) is 5.75 Å². The minimum absolute atomic E-state index is 0.00958. The van der Waals surface area contributed by atoms with Gasteiger partial charge in [-0.3, -0.25) is 19.2 Å². The number of carbonyl (C=O) groups is 5. The van der Waals surface area contributed by atoms with E-state index in [1.807, 2.05) is 61.9 Å². The van der Waals surface area contributed by atoms with Gasteiger partial charge in [0.1, 0.15) is 17.5 Å². The molecule has 0 aliphatic carbocycles. The highest BCUT2D eigenvalue weighted by Gasteiger charge is 2.43. The molecular formula is C66H76N10O11S3. The van der Waals surface area contributed by atoms with Crippen LogP contribution in [-0.4, -0.2) is 145 Å². The lowest BCUT2D eigenvalue weighted by Crippen LogP contribution is -2.47. The van der Waals surface area contributed by atoms with E-state index in [1.165, 1.54) is 51.6 Å². The maximum absolute atomic E-state index is 15.0. The molecule has 7 aromatic rings. The molecule has 2 unspecified atom stereocenters. The molecule has 5 amide bonds. The van der Waals surface area contributed by atoms with Gasteiger partial charge < -0.3 is 41.7 Å². The van der Waals surface area contributed by atoms with Crippen molar-refractivity contribution >= 4 is 77.6 Å². The number of aromatic nitrogens is 3. The molecule has 10 rings (SSSR count). The number of unbranched alkanes of at least 4 members (excludes halogenated alkanes) is 3. The predicted octanol–water partition coefficient (Wildman–Crippen LogP) is 6.97. The van der Waals surface area contributed by atoms with Crippen molar-refractivity contribution in [1.29, 1.82) is 0 Å². The zero-order chi connectivity index (χ0) is 63.7. The Morgan fingerprint density at radius 1 is 0.767 bits per heavy atom. The van der Waals surface area contributed by atoms with Crippen LogP contribution in [0.1, 0.15) is 109 Å². The predicted molar refractivity (Wildman–Crippen MR) is 343 cm³/mol. The summed E-state index contributed by atoms with van der Waals surface area (Å²) in [7, 11) is -5.06. The number of fused-ring (bicyclic) bond motifs is 3. The number of ketones is 1. The first kappa shape index (κ1) is 64.8. The Hall–Kier alpha value is -8.16. The third kappa shape index (κ3) is 15.3. The van der Waals surface area contributed by atoms with Crippen LogP contribution >= 0.6 is 11.8 Å². The smallest absolute Gasteiger partial charge is 0.315 e. The standard InChI is InChI=1S/C66H76N10O11S3/c1-42-38-75(90(86,87)50-17-12-16-49(36-50)89(84,85)59-20-13-18-52-55(74(2)3)32-31-51(42)62(52)59)40-57(78)56(35-44-25-29-48(77)30-26-44)76-39-47(72-73-76)37-68-65(82)53(34-43-23-27-46(28-24-43)64(81)45-14-6-4-7-15-45)69-61(80)22-8-5-11-33-67-60(79)21-10-9-19-58-63-54(41-88-58)70-66(83)71-63/h4,6-7,12-18,20,23-32,36,39,42,53-54,56-58,63,77-78H,5,8-11,19,21-22,33-35,37-38,40-41H2,1-3H3,(H,67,79)(H,68,82)(H,69,80)(H2,70,71,83)/t42?,53-,54-,56-,57?,58-,63-/m0/s1. The number of nitrogens with zero attached hydrogens (tertiary/aromatic N) is 5. The number of rotatable bonds is 26. The van der Waals surface area contributed by atoms with Gasteiger partial charge >= 0.3 is 6.03 Å². The van der Waals surface area contributed by atoms with Crippen LogP contribution in [-0.2, 0) is 53.6 Å². The van der Waals surface area contributed by atoms with Crippen molar-refractivity contribution in [2.45, 2.75) is 134 Å². The Labute approximate surface area is 528 Å². The number of nitrogens with one attached hydrogen (secondary N) is 5. The first-order valence-electron chi connectivity index (χ1n) is 30.4. The van der Waals surface area contributed by atoms with Crippen molar-refractivity contribution in [2.24, 2.45) is 0 Å². The number of phenols is 1. The number of β-amino-alcohol motifs (C(OH)–C–C–N with tert-alkyl or cyclic N) is 1. The molecular weight excluding hydrogens is 1200 g/mol. The lowest BCUT2D eigenvalue weighted by Gasteiger charge is -2.31. The number of aromatic hydroxyl groups is 1. The van der Waals surface area contributed by atoms with Gasteiger partial charge in [0.25, 0.3) is 0 Å². The van der Waals surface area contributed by atoms with Crippen LogP contribution in [0.4, 0.5) is 10.5 Å². The molecule has 2 fully saturated rings. The maximum Gasteiger partial charge on any atom is 0.315 e. The Balaban J connectivity index is 0.815. The van der Waals surface area contributed by atoms with E-state index in [1.54, 1.807) is 66.7 Å². The number of hydrogen-bond acceptors (Lipinski definition) is 15. The van der Waals surface area contributed by atoms with Crippen molar-refractivity contribution < 1.29 is 51.0 Å². The fourth-order valence-electron chi connectivity index (χ4n) is 12.1. The van der Waals surface area contributed by atoms with E-state index < -0.39 is 56.4 Å². The van der Waals surface area contributed by atoms with Crippen molar-refractivity contribution in [1.82, 2.24) is 45.9 Å². The van der Waals surface area contributed by atoms with Gasteiger partial charge in [-0.25, -0.2) is 26.3 Å². The molecule has 0 saturated carbocycles. The summed E-state index contributed by atoms with van der Waals surface area (Å²) in [6, 6.07) is 34.2. The number of benzene rings is 6. The fourth-order valence-corrected chi connectivity index (χ4v) is 16.8. The number of anilines is 1. The van der Waals surface area contributed by atoms with Gasteiger partial charge in [0.15, 0.2) is 5.78 Å². The van der Waals surface area contributed by atoms with Crippen molar-refractivity contribution in [3.63, 3.8) is 0 Å². The summed E-state index contributed by atoms with van der Waals surface area (Å²) < 4.78 is 61.7. The zero-order valence-electron chi connectivity index (χ0n) is 50.5. The monoisotopic (exact) mass is 1280 g/mol. The molecule has 3 aliphatic rings. The maximum atomic E-state index is 15.0. The molecule has 4 heterocycles. The minimum Gasteiger partial charge on any atom is -0.508 e. The molecule has 2 saturated heterocycles. The molecule has 3 aliphatic heterocycles. The number of hydrogen-bond donors (Lipinski definition) is 7. The largest absolute Gasteiger partial charge is 0.508 e. The van der Waals surface area contributed by atoms with Gasteiger partial charge in [-0.2, -0.15) is 16.1 Å². The van der Waals surface area contributed by atoms with Crippen molar-refractivity contribution in [3.05, 3.63) is 173 Å². The molecule has 0 radical (unpaired) electrons. The van der Waals surface area contributed by atoms with Crippen molar-refractivity contribution in [3.8, 4) is 5.75 Å². The number of aliphatic hydroxyl groups is 1. The fraction of sp³-hybridized carbons (Fsp3) is 0.379. The second-order valence-electron chi connectivity index (χ2n) is 23.6. The summed E-state index contributed by atoms with van der Waals surface area (Å²) in [6.07, 6.45) is 5.10. The Morgan fingerprint density at radius 2 is 1.47 bits per heavy atom. The molecule has 6 aromatic carbocycles. The summed E-state index contributed by atoms with van der Waals surface area (Å²) >= 11 is 1.85.